The number of hydrogen-bond acceptors (Lipinski definition) is 2. The summed E-state index contributed by atoms with van der Waals surface area (Å²) in [4.78, 5) is 16.2. The summed E-state index contributed by atoms with van der Waals surface area (Å²) in [6, 6.07) is 13.6. The Hall–Kier alpha value is -2.62. The van der Waals surface area contributed by atoms with E-state index in [-0.39, 0.29) is 0 Å². The topological polar surface area (TPSA) is 55.1 Å². The molecule has 3 rings (SSSR count). The van der Waals surface area contributed by atoms with E-state index in [2.05, 4.69) is 24.9 Å². The third-order valence-corrected chi connectivity index (χ3v) is 4.06. The Morgan fingerprint density at radius 2 is 1.96 bits per heavy atom. The van der Waals surface area contributed by atoms with Gasteiger partial charge >= 0.3 is 5.97 Å². The first kappa shape index (κ1) is 15.3. The third kappa shape index (κ3) is 2.84. The molecule has 118 valence electrons. The SMILES string of the molecule is Cc1cccc(Cn2c(C(=O)O)cc3cccc(C(C)C)c32)n1. The van der Waals surface area contributed by atoms with E-state index in [0.717, 1.165) is 27.9 Å². The fourth-order valence-corrected chi connectivity index (χ4v) is 3.01. The molecule has 0 unspecified atom stereocenters. The van der Waals surface area contributed by atoms with Crippen molar-refractivity contribution in [3.05, 3.63) is 65.1 Å². The number of aromatic carboxylic acids is 1. The summed E-state index contributed by atoms with van der Waals surface area (Å²) in [5, 5.41) is 10.5. The van der Waals surface area contributed by atoms with E-state index in [9.17, 15) is 9.90 Å². The number of carbonyl (C=O) groups is 1. The van der Waals surface area contributed by atoms with E-state index in [1.54, 1.807) is 6.07 Å². The zero-order chi connectivity index (χ0) is 16.6. The minimum Gasteiger partial charge on any atom is -0.477 e. The van der Waals surface area contributed by atoms with Gasteiger partial charge in [-0.2, -0.15) is 0 Å². The number of carboxylic acid groups (broad SMARTS) is 1. The minimum absolute atomic E-state index is 0.302. The number of para-hydroxylation sites is 1. The molecule has 4 heteroatoms. The fourth-order valence-electron chi connectivity index (χ4n) is 3.01. The van der Waals surface area contributed by atoms with Crippen molar-refractivity contribution in [2.24, 2.45) is 0 Å². The molecular weight excluding hydrogens is 288 g/mol. The number of benzene rings is 1. The van der Waals surface area contributed by atoms with Crippen LogP contribution >= 0.6 is 0 Å². The van der Waals surface area contributed by atoms with E-state index in [0.29, 0.717) is 18.2 Å². The molecule has 0 saturated heterocycles. The number of hydrogen-bond donors (Lipinski definition) is 1. The zero-order valence-corrected chi connectivity index (χ0v) is 13.6. The van der Waals surface area contributed by atoms with Gasteiger partial charge in [-0.25, -0.2) is 4.79 Å². The summed E-state index contributed by atoms with van der Waals surface area (Å²) < 4.78 is 1.87. The normalized spacial score (nSPS) is 11.3. The first-order chi connectivity index (χ1) is 11.0. The lowest BCUT2D eigenvalue weighted by atomic mass is 10.0. The number of rotatable bonds is 4. The highest BCUT2D eigenvalue weighted by molar-refractivity contribution is 5.96. The number of pyridine rings is 1. The third-order valence-electron chi connectivity index (χ3n) is 4.06. The minimum atomic E-state index is -0.913. The Labute approximate surface area is 135 Å². The van der Waals surface area contributed by atoms with Crippen LogP contribution in [-0.4, -0.2) is 20.6 Å². The summed E-state index contributed by atoms with van der Waals surface area (Å²) in [5.41, 5.74) is 4.24. The predicted octanol–water partition coefficient (Wildman–Crippen LogP) is 4.21. The Bertz CT molecular complexity index is 878. The van der Waals surface area contributed by atoms with Gasteiger partial charge in [0.1, 0.15) is 5.69 Å². The van der Waals surface area contributed by atoms with Crippen LogP contribution in [-0.2, 0) is 6.54 Å². The molecule has 1 aromatic carbocycles. The van der Waals surface area contributed by atoms with Gasteiger partial charge in [0.05, 0.1) is 17.8 Å². The Morgan fingerprint density at radius 1 is 1.22 bits per heavy atom. The van der Waals surface area contributed by atoms with E-state index < -0.39 is 5.97 Å². The van der Waals surface area contributed by atoms with Crippen molar-refractivity contribution < 1.29 is 9.90 Å². The lowest BCUT2D eigenvalue weighted by molar-refractivity contribution is 0.0686. The summed E-state index contributed by atoms with van der Waals surface area (Å²) in [6.07, 6.45) is 0. The maximum absolute atomic E-state index is 11.7. The molecule has 0 aliphatic rings. The molecule has 0 bridgehead atoms. The van der Waals surface area contributed by atoms with Crippen LogP contribution in [0.15, 0.2) is 42.5 Å². The van der Waals surface area contributed by atoms with E-state index in [1.807, 2.05) is 41.8 Å². The number of aryl methyl sites for hydroxylation is 1. The number of carboxylic acids is 1. The molecule has 0 saturated carbocycles. The van der Waals surface area contributed by atoms with Gasteiger partial charge in [-0.05, 0) is 36.6 Å². The molecule has 0 aliphatic heterocycles. The molecule has 0 atom stereocenters. The van der Waals surface area contributed by atoms with Gasteiger partial charge in [0.15, 0.2) is 0 Å². The first-order valence-electron chi connectivity index (χ1n) is 7.75. The highest BCUT2D eigenvalue weighted by Crippen LogP contribution is 2.29. The summed E-state index contributed by atoms with van der Waals surface area (Å²) in [5.74, 6) is -0.594. The second-order valence-corrected chi connectivity index (χ2v) is 6.13. The van der Waals surface area contributed by atoms with Crippen LogP contribution in [0.2, 0.25) is 0 Å². The van der Waals surface area contributed by atoms with Crippen LogP contribution in [0, 0.1) is 6.92 Å². The van der Waals surface area contributed by atoms with Gasteiger partial charge in [-0.15, -0.1) is 0 Å². The lowest BCUT2D eigenvalue weighted by Crippen LogP contribution is -2.11. The maximum Gasteiger partial charge on any atom is 0.352 e. The number of nitrogens with zero attached hydrogens (tertiary/aromatic N) is 2. The van der Waals surface area contributed by atoms with Crippen molar-refractivity contribution in [3.63, 3.8) is 0 Å². The molecule has 4 nitrogen and oxygen atoms in total. The lowest BCUT2D eigenvalue weighted by Gasteiger charge is -2.14. The molecule has 1 N–H and O–H groups in total. The van der Waals surface area contributed by atoms with Crippen molar-refractivity contribution >= 4 is 16.9 Å². The molecule has 0 fully saturated rings. The van der Waals surface area contributed by atoms with Crippen molar-refractivity contribution in [2.45, 2.75) is 33.2 Å². The molecule has 0 amide bonds. The standard InChI is InChI=1S/C19H20N2O2/c1-12(2)16-9-5-7-14-10-17(19(22)23)21(18(14)16)11-15-8-4-6-13(3)20-15/h4-10,12H,11H2,1-3H3,(H,22,23). The first-order valence-corrected chi connectivity index (χ1v) is 7.75. The van der Waals surface area contributed by atoms with Crippen molar-refractivity contribution in [1.82, 2.24) is 9.55 Å². The second-order valence-electron chi connectivity index (χ2n) is 6.13. The van der Waals surface area contributed by atoms with Crippen molar-refractivity contribution in [2.75, 3.05) is 0 Å². The van der Waals surface area contributed by atoms with Crippen LogP contribution in [0.25, 0.3) is 10.9 Å². The number of aromatic nitrogens is 2. The summed E-state index contributed by atoms with van der Waals surface area (Å²) in [6.45, 7) is 6.64. The monoisotopic (exact) mass is 308 g/mol. The molecule has 2 aromatic heterocycles. The van der Waals surface area contributed by atoms with Gasteiger partial charge in [-0.3, -0.25) is 4.98 Å². The molecule has 0 spiro atoms. The summed E-state index contributed by atoms with van der Waals surface area (Å²) in [7, 11) is 0. The molecule has 0 radical (unpaired) electrons. The molecule has 3 aromatic rings. The molecule has 23 heavy (non-hydrogen) atoms. The Balaban J connectivity index is 2.23. The highest BCUT2D eigenvalue weighted by atomic mass is 16.4. The fraction of sp³-hybridized carbons (Fsp3) is 0.263. The van der Waals surface area contributed by atoms with Gasteiger partial charge in [0.2, 0.25) is 0 Å². The van der Waals surface area contributed by atoms with Gasteiger partial charge in [0, 0.05) is 11.1 Å². The van der Waals surface area contributed by atoms with E-state index in [1.165, 1.54) is 0 Å². The zero-order valence-electron chi connectivity index (χ0n) is 13.6. The van der Waals surface area contributed by atoms with Gasteiger partial charge < -0.3 is 9.67 Å². The number of fused-ring (bicyclic) bond motifs is 1. The average molecular weight is 308 g/mol. The average Bonchev–Trinajstić information content (AvgIpc) is 2.86. The van der Waals surface area contributed by atoms with Crippen LogP contribution in [0.4, 0.5) is 0 Å². The smallest absolute Gasteiger partial charge is 0.352 e. The maximum atomic E-state index is 11.7. The predicted molar refractivity (Wildman–Crippen MR) is 91.1 cm³/mol. The van der Waals surface area contributed by atoms with Gasteiger partial charge in [-0.1, -0.05) is 38.1 Å². The highest BCUT2D eigenvalue weighted by Gasteiger charge is 2.18. The molecular formula is C19H20N2O2. The Kier molecular flexibility index (Phi) is 3.90. The van der Waals surface area contributed by atoms with Crippen LogP contribution in [0.3, 0.4) is 0 Å². The van der Waals surface area contributed by atoms with E-state index >= 15 is 0 Å². The van der Waals surface area contributed by atoms with Crippen molar-refractivity contribution in [3.8, 4) is 0 Å². The van der Waals surface area contributed by atoms with Crippen LogP contribution in [0.5, 0.6) is 0 Å². The summed E-state index contributed by atoms with van der Waals surface area (Å²) >= 11 is 0. The Morgan fingerprint density at radius 3 is 2.61 bits per heavy atom. The quantitative estimate of drug-likeness (QED) is 0.785. The van der Waals surface area contributed by atoms with Crippen molar-refractivity contribution in [1.29, 1.82) is 0 Å². The van der Waals surface area contributed by atoms with Crippen LogP contribution in [0.1, 0.15) is 47.2 Å². The van der Waals surface area contributed by atoms with Gasteiger partial charge in [0.25, 0.3) is 0 Å². The molecule has 2 heterocycles. The molecule has 0 aliphatic carbocycles. The van der Waals surface area contributed by atoms with Crippen LogP contribution < -0.4 is 0 Å². The largest absolute Gasteiger partial charge is 0.477 e. The van der Waals surface area contributed by atoms with E-state index in [4.69, 9.17) is 0 Å². The second kappa shape index (κ2) is 5.88.